The Labute approximate surface area is 108 Å². The van der Waals surface area contributed by atoms with Crippen molar-refractivity contribution >= 4 is 11.7 Å². The van der Waals surface area contributed by atoms with Crippen LogP contribution in [0.25, 0.3) is 0 Å². The fourth-order valence-electron chi connectivity index (χ4n) is 1.43. The summed E-state index contributed by atoms with van der Waals surface area (Å²) in [6, 6.07) is 2.86. The van der Waals surface area contributed by atoms with Crippen LogP contribution in [-0.2, 0) is 0 Å². The van der Waals surface area contributed by atoms with Gasteiger partial charge in [0.05, 0.1) is 0 Å². The zero-order chi connectivity index (χ0) is 14.5. The average molecular weight is 276 g/mol. The molecule has 8 heteroatoms. The third-order valence-electron chi connectivity index (χ3n) is 2.28. The molecule has 0 bridgehead atoms. The molecule has 0 aliphatic rings. The van der Waals surface area contributed by atoms with Gasteiger partial charge in [-0.05, 0) is 26.0 Å². The molecular formula is C11H15F3N4O. The van der Waals surface area contributed by atoms with Gasteiger partial charge in [-0.15, -0.1) is 10.2 Å². The number of carbonyl (C=O) groups is 1. The summed E-state index contributed by atoms with van der Waals surface area (Å²) in [7, 11) is 0. The van der Waals surface area contributed by atoms with Crippen molar-refractivity contribution in [3.63, 3.8) is 0 Å². The van der Waals surface area contributed by atoms with Gasteiger partial charge in [-0.25, -0.2) is 0 Å². The van der Waals surface area contributed by atoms with Crippen LogP contribution in [0.15, 0.2) is 12.1 Å². The first-order valence-corrected chi connectivity index (χ1v) is 5.81. The van der Waals surface area contributed by atoms with Crippen molar-refractivity contribution in [3.05, 3.63) is 17.8 Å². The minimum atomic E-state index is -4.43. The lowest BCUT2D eigenvalue weighted by Gasteiger charge is -2.21. The summed E-state index contributed by atoms with van der Waals surface area (Å²) in [4.78, 5) is 12.5. The average Bonchev–Trinajstić information content (AvgIpc) is 2.35. The van der Waals surface area contributed by atoms with Crippen LogP contribution in [0.3, 0.4) is 0 Å². The van der Waals surface area contributed by atoms with Gasteiger partial charge in [0.15, 0.2) is 5.69 Å². The molecule has 0 saturated carbocycles. The van der Waals surface area contributed by atoms with Crippen LogP contribution >= 0.6 is 0 Å². The molecule has 0 fully saturated rings. The number of carbonyl (C=O) groups excluding carboxylic acids is 1. The zero-order valence-corrected chi connectivity index (χ0v) is 10.7. The minimum absolute atomic E-state index is 0.0466. The van der Waals surface area contributed by atoms with E-state index in [0.717, 1.165) is 0 Å². The first-order chi connectivity index (χ1) is 8.87. The molecule has 0 aliphatic heterocycles. The number of alkyl halides is 3. The van der Waals surface area contributed by atoms with E-state index in [1.54, 1.807) is 0 Å². The fourth-order valence-corrected chi connectivity index (χ4v) is 1.43. The van der Waals surface area contributed by atoms with E-state index in [0.29, 0.717) is 17.3 Å². The molecule has 1 amide bonds. The van der Waals surface area contributed by atoms with E-state index in [1.807, 2.05) is 6.92 Å². The molecule has 0 saturated heterocycles. The zero-order valence-electron chi connectivity index (χ0n) is 10.7. The summed E-state index contributed by atoms with van der Waals surface area (Å²) in [6.07, 6.45) is -4.43. The molecule has 1 rings (SSSR count). The van der Waals surface area contributed by atoms with Crippen LogP contribution in [0.5, 0.6) is 0 Å². The number of nitrogens with one attached hydrogen (secondary N) is 1. The molecule has 0 radical (unpaired) electrons. The van der Waals surface area contributed by atoms with Crippen LogP contribution in [0.2, 0.25) is 0 Å². The minimum Gasteiger partial charge on any atom is -0.369 e. The van der Waals surface area contributed by atoms with Crippen molar-refractivity contribution in [2.45, 2.75) is 20.0 Å². The smallest absolute Gasteiger partial charge is 0.369 e. The number of rotatable bonds is 5. The second kappa shape index (κ2) is 6.35. The van der Waals surface area contributed by atoms with Gasteiger partial charge in [-0.1, -0.05) is 0 Å². The highest BCUT2D eigenvalue weighted by Crippen LogP contribution is 2.17. The second-order valence-electron chi connectivity index (χ2n) is 3.77. The van der Waals surface area contributed by atoms with Gasteiger partial charge in [0.25, 0.3) is 5.91 Å². The highest BCUT2D eigenvalue weighted by Gasteiger charge is 2.33. The first kappa shape index (κ1) is 15.2. The number of aromatic nitrogens is 2. The number of halogens is 3. The normalized spacial score (nSPS) is 11.2. The summed E-state index contributed by atoms with van der Waals surface area (Å²) in [6.45, 7) is 2.64. The Morgan fingerprint density at radius 3 is 2.42 bits per heavy atom. The molecule has 0 spiro atoms. The maximum absolute atomic E-state index is 12.3. The topological polar surface area (TPSA) is 58.1 Å². The third kappa shape index (κ3) is 4.72. The molecule has 0 unspecified atom stereocenters. The SMILES string of the molecule is CCNc1ccc(C(=O)N(CC)CC(F)(F)F)nn1. The van der Waals surface area contributed by atoms with Crippen molar-refractivity contribution in [2.75, 3.05) is 25.0 Å². The summed E-state index contributed by atoms with van der Waals surface area (Å²) in [5.41, 5.74) is -0.104. The Balaban J connectivity index is 2.79. The van der Waals surface area contributed by atoms with E-state index in [2.05, 4.69) is 15.5 Å². The van der Waals surface area contributed by atoms with Gasteiger partial charge in [-0.2, -0.15) is 13.2 Å². The largest absolute Gasteiger partial charge is 0.406 e. The van der Waals surface area contributed by atoms with Crippen molar-refractivity contribution in [1.82, 2.24) is 15.1 Å². The molecule has 0 atom stereocenters. The van der Waals surface area contributed by atoms with Gasteiger partial charge in [0, 0.05) is 13.1 Å². The lowest BCUT2D eigenvalue weighted by Crippen LogP contribution is -2.39. The molecule has 19 heavy (non-hydrogen) atoms. The van der Waals surface area contributed by atoms with Gasteiger partial charge in [-0.3, -0.25) is 4.79 Å². The summed E-state index contributed by atoms with van der Waals surface area (Å²) >= 11 is 0. The predicted octanol–water partition coefficient (Wildman–Crippen LogP) is 1.93. The van der Waals surface area contributed by atoms with E-state index in [1.165, 1.54) is 19.1 Å². The van der Waals surface area contributed by atoms with Crippen molar-refractivity contribution in [1.29, 1.82) is 0 Å². The third-order valence-corrected chi connectivity index (χ3v) is 2.28. The molecule has 1 aromatic rings. The quantitative estimate of drug-likeness (QED) is 0.892. The van der Waals surface area contributed by atoms with Crippen LogP contribution in [0.1, 0.15) is 24.3 Å². The number of anilines is 1. The molecule has 0 aliphatic carbocycles. The van der Waals surface area contributed by atoms with Crippen molar-refractivity contribution in [3.8, 4) is 0 Å². The van der Waals surface area contributed by atoms with Crippen LogP contribution in [0, 0.1) is 0 Å². The molecule has 1 heterocycles. The first-order valence-electron chi connectivity index (χ1n) is 5.81. The summed E-state index contributed by atoms with van der Waals surface area (Å²) in [5.74, 6) is -0.312. The van der Waals surface area contributed by atoms with Crippen molar-refractivity contribution in [2.24, 2.45) is 0 Å². The molecule has 1 N–H and O–H groups in total. The van der Waals surface area contributed by atoms with Crippen LogP contribution in [0.4, 0.5) is 19.0 Å². The monoisotopic (exact) mass is 276 g/mol. The van der Waals surface area contributed by atoms with E-state index >= 15 is 0 Å². The van der Waals surface area contributed by atoms with E-state index < -0.39 is 18.6 Å². The summed E-state index contributed by atoms with van der Waals surface area (Å²) < 4.78 is 36.9. The Morgan fingerprint density at radius 2 is 2.00 bits per heavy atom. The van der Waals surface area contributed by atoms with Gasteiger partial charge in [0.2, 0.25) is 0 Å². The Kier molecular flexibility index (Phi) is 5.08. The lowest BCUT2D eigenvalue weighted by atomic mass is 10.3. The summed E-state index contributed by atoms with van der Waals surface area (Å²) in [5, 5.41) is 10.2. The Hall–Kier alpha value is -1.86. The van der Waals surface area contributed by atoms with Crippen LogP contribution < -0.4 is 5.32 Å². The standard InChI is InChI=1S/C11H15F3N4O/c1-3-15-9-6-5-8(16-17-9)10(19)18(4-2)7-11(12,13)14/h5-6H,3-4,7H2,1-2H3,(H,15,17). The van der Waals surface area contributed by atoms with E-state index in [4.69, 9.17) is 0 Å². The van der Waals surface area contributed by atoms with Gasteiger partial charge >= 0.3 is 6.18 Å². The maximum atomic E-state index is 12.3. The molecular weight excluding hydrogens is 261 g/mol. The highest BCUT2D eigenvalue weighted by atomic mass is 19.4. The highest BCUT2D eigenvalue weighted by molar-refractivity contribution is 5.92. The maximum Gasteiger partial charge on any atom is 0.406 e. The molecule has 106 valence electrons. The van der Waals surface area contributed by atoms with Gasteiger partial charge < -0.3 is 10.2 Å². The van der Waals surface area contributed by atoms with Gasteiger partial charge in [0.1, 0.15) is 12.4 Å². The molecule has 1 aromatic heterocycles. The fraction of sp³-hybridized carbons (Fsp3) is 0.545. The Bertz CT molecular complexity index is 419. The Morgan fingerprint density at radius 1 is 1.32 bits per heavy atom. The molecule has 0 aromatic carbocycles. The predicted molar refractivity (Wildman–Crippen MR) is 63.8 cm³/mol. The number of nitrogens with zero attached hydrogens (tertiary/aromatic N) is 3. The molecule has 5 nitrogen and oxygen atoms in total. The van der Waals surface area contributed by atoms with E-state index in [9.17, 15) is 18.0 Å². The second-order valence-corrected chi connectivity index (χ2v) is 3.77. The number of hydrogen-bond donors (Lipinski definition) is 1. The number of hydrogen-bond acceptors (Lipinski definition) is 4. The van der Waals surface area contributed by atoms with E-state index in [-0.39, 0.29) is 12.2 Å². The van der Waals surface area contributed by atoms with Crippen LogP contribution in [-0.4, -0.2) is 46.8 Å². The lowest BCUT2D eigenvalue weighted by molar-refractivity contribution is -0.140. The van der Waals surface area contributed by atoms with Crippen molar-refractivity contribution < 1.29 is 18.0 Å². The number of amides is 1.